The standard InChI is InChI=1S/C11H18N4O/c1-2-15-11(13-8-14-15)7-10(16)5-6-12-9-3-4-9/h8-9,12H,2-7H2,1H3. The van der Waals surface area contributed by atoms with E-state index in [1.807, 2.05) is 6.92 Å². The van der Waals surface area contributed by atoms with E-state index in [0.717, 1.165) is 18.9 Å². The molecule has 2 rings (SSSR count). The third-order valence-corrected chi connectivity index (χ3v) is 2.76. The van der Waals surface area contributed by atoms with Crippen LogP contribution in [0.25, 0.3) is 0 Å². The number of aryl methyl sites for hydroxylation is 1. The lowest BCUT2D eigenvalue weighted by atomic mass is 10.2. The van der Waals surface area contributed by atoms with Gasteiger partial charge < -0.3 is 5.32 Å². The second-order valence-electron chi connectivity index (χ2n) is 4.19. The summed E-state index contributed by atoms with van der Waals surface area (Å²) < 4.78 is 1.77. The van der Waals surface area contributed by atoms with E-state index in [0.29, 0.717) is 18.9 Å². The topological polar surface area (TPSA) is 59.8 Å². The summed E-state index contributed by atoms with van der Waals surface area (Å²) >= 11 is 0. The third kappa shape index (κ3) is 3.13. The monoisotopic (exact) mass is 222 g/mol. The number of hydrogen-bond acceptors (Lipinski definition) is 4. The molecule has 1 aromatic rings. The SMILES string of the molecule is CCn1ncnc1CC(=O)CCNC1CC1. The highest BCUT2D eigenvalue weighted by molar-refractivity contribution is 5.80. The van der Waals surface area contributed by atoms with Crippen LogP contribution in [0.2, 0.25) is 0 Å². The van der Waals surface area contributed by atoms with Gasteiger partial charge in [-0.15, -0.1) is 0 Å². The summed E-state index contributed by atoms with van der Waals surface area (Å²) in [4.78, 5) is 15.8. The Morgan fingerprint density at radius 2 is 2.44 bits per heavy atom. The van der Waals surface area contributed by atoms with E-state index in [4.69, 9.17) is 0 Å². The molecule has 0 unspecified atom stereocenters. The van der Waals surface area contributed by atoms with Crippen molar-refractivity contribution in [2.45, 2.75) is 45.2 Å². The zero-order valence-electron chi connectivity index (χ0n) is 9.65. The summed E-state index contributed by atoms with van der Waals surface area (Å²) in [6.07, 6.45) is 5.03. The van der Waals surface area contributed by atoms with Crippen LogP contribution in [-0.4, -0.2) is 33.1 Å². The van der Waals surface area contributed by atoms with Crippen molar-refractivity contribution in [2.24, 2.45) is 0 Å². The molecule has 0 saturated heterocycles. The minimum atomic E-state index is 0.232. The van der Waals surface area contributed by atoms with E-state index >= 15 is 0 Å². The van der Waals surface area contributed by atoms with Crippen LogP contribution in [0.3, 0.4) is 0 Å². The number of carbonyl (C=O) groups is 1. The predicted octanol–water partition coefficient (Wildman–Crippen LogP) is 0.552. The second-order valence-corrected chi connectivity index (χ2v) is 4.19. The first-order valence-corrected chi connectivity index (χ1v) is 5.91. The Labute approximate surface area is 95.2 Å². The molecule has 1 aliphatic rings. The van der Waals surface area contributed by atoms with Gasteiger partial charge >= 0.3 is 0 Å². The maximum absolute atomic E-state index is 11.7. The van der Waals surface area contributed by atoms with Gasteiger partial charge in [-0.2, -0.15) is 5.10 Å². The Hall–Kier alpha value is -1.23. The number of aromatic nitrogens is 3. The smallest absolute Gasteiger partial charge is 0.141 e. The van der Waals surface area contributed by atoms with Crippen LogP contribution in [0, 0.1) is 0 Å². The van der Waals surface area contributed by atoms with Crippen LogP contribution in [0.15, 0.2) is 6.33 Å². The Kier molecular flexibility index (Phi) is 3.66. The molecule has 88 valence electrons. The number of nitrogens with one attached hydrogen (secondary N) is 1. The average molecular weight is 222 g/mol. The lowest BCUT2D eigenvalue weighted by Gasteiger charge is -2.03. The first kappa shape index (κ1) is 11.3. The molecule has 0 atom stereocenters. The molecule has 0 aliphatic heterocycles. The molecule has 1 fully saturated rings. The van der Waals surface area contributed by atoms with Gasteiger partial charge in [0.25, 0.3) is 0 Å². The Balaban J connectivity index is 1.72. The number of nitrogens with zero attached hydrogens (tertiary/aromatic N) is 3. The molecule has 0 radical (unpaired) electrons. The van der Waals surface area contributed by atoms with Gasteiger partial charge in [-0.3, -0.25) is 4.79 Å². The first-order valence-electron chi connectivity index (χ1n) is 5.91. The van der Waals surface area contributed by atoms with Crippen LogP contribution in [-0.2, 0) is 17.8 Å². The van der Waals surface area contributed by atoms with E-state index in [1.54, 1.807) is 4.68 Å². The third-order valence-electron chi connectivity index (χ3n) is 2.76. The normalized spacial score (nSPS) is 15.3. The molecule has 5 nitrogen and oxygen atoms in total. The largest absolute Gasteiger partial charge is 0.314 e. The summed E-state index contributed by atoms with van der Waals surface area (Å²) in [7, 11) is 0. The van der Waals surface area contributed by atoms with E-state index < -0.39 is 0 Å². The van der Waals surface area contributed by atoms with Crippen molar-refractivity contribution in [3.8, 4) is 0 Å². The summed E-state index contributed by atoms with van der Waals surface area (Å²) in [5.74, 6) is 1.01. The molecule has 0 bridgehead atoms. The fraction of sp³-hybridized carbons (Fsp3) is 0.727. The summed E-state index contributed by atoms with van der Waals surface area (Å²) in [6, 6.07) is 0.673. The van der Waals surface area contributed by atoms with Gasteiger partial charge in [0.15, 0.2) is 0 Å². The minimum absolute atomic E-state index is 0.232. The van der Waals surface area contributed by atoms with Crippen molar-refractivity contribution in [3.63, 3.8) is 0 Å². The van der Waals surface area contributed by atoms with Gasteiger partial charge in [0.2, 0.25) is 0 Å². The van der Waals surface area contributed by atoms with Crippen molar-refractivity contribution in [1.29, 1.82) is 0 Å². The fourth-order valence-electron chi connectivity index (χ4n) is 1.66. The van der Waals surface area contributed by atoms with Gasteiger partial charge in [0.1, 0.15) is 17.9 Å². The molecule has 0 spiro atoms. The molecule has 1 aromatic heterocycles. The highest BCUT2D eigenvalue weighted by atomic mass is 16.1. The van der Waals surface area contributed by atoms with Gasteiger partial charge in [0, 0.05) is 25.6 Å². The van der Waals surface area contributed by atoms with Gasteiger partial charge in [0.05, 0.1) is 6.42 Å². The molecule has 1 heterocycles. The number of Topliss-reactive ketones (excluding diaryl/α,β-unsaturated/α-hetero) is 1. The maximum Gasteiger partial charge on any atom is 0.141 e. The molecule has 0 aromatic carbocycles. The second kappa shape index (κ2) is 5.21. The van der Waals surface area contributed by atoms with Crippen LogP contribution >= 0.6 is 0 Å². The Morgan fingerprint density at radius 1 is 1.62 bits per heavy atom. The van der Waals surface area contributed by atoms with Crippen LogP contribution in [0.4, 0.5) is 0 Å². The van der Waals surface area contributed by atoms with E-state index in [9.17, 15) is 4.79 Å². The predicted molar refractivity (Wildman–Crippen MR) is 60.0 cm³/mol. The van der Waals surface area contributed by atoms with Gasteiger partial charge in [-0.1, -0.05) is 0 Å². The Morgan fingerprint density at radius 3 is 3.12 bits per heavy atom. The van der Waals surface area contributed by atoms with E-state index in [2.05, 4.69) is 15.4 Å². The molecule has 0 amide bonds. The number of hydrogen-bond donors (Lipinski definition) is 1. The van der Waals surface area contributed by atoms with Crippen molar-refractivity contribution in [1.82, 2.24) is 20.1 Å². The molecule has 5 heteroatoms. The molecule has 1 saturated carbocycles. The van der Waals surface area contributed by atoms with Crippen LogP contribution in [0.1, 0.15) is 32.0 Å². The highest BCUT2D eigenvalue weighted by Crippen LogP contribution is 2.18. The highest BCUT2D eigenvalue weighted by Gasteiger charge is 2.20. The molecular weight excluding hydrogens is 204 g/mol. The summed E-state index contributed by atoms with van der Waals surface area (Å²) in [6.45, 7) is 3.56. The molecule has 1 aliphatic carbocycles. The molecular formula is C11H18N4O. The van der Waals surface area contributed by atoms with Crippen molar-refractivity contribution < 1.29 is 4.79 Å². The lowest BCUT2D eigenvalue weighted by Crippen LogP contribution is -2.21. The zero-order chi connectivity index (χ0) is 11.4. The van der Waals surface area contributed by atoms with Crippen molar-refractivity contribution in [3.05, 3.63) is 12.2 Å². The van der Waals surface area contributed by atoms with E-state index in [-0.39, 0.29) is 5.78 Å². The van der Waals surface area contributed by atoms with E-state index in [1.165, 1.54) is 19.2 Å². The molecule has 16 heavy (non-hydrogen) atoms. The van der Waals surface area contributed by atoms with Crippen LogP contribution < -0.4 is 5.32 Å². The summed E-state index contributed by atoms with van der Waals surface area (Å²) in [5, 5.41) is 7.38. The number of rotatable bonds is 7. The quantitative estimate of drug-likeness (QED) is 0.732. The Bertz CT molecular complexity index is 357. The van der Waals surface area contributed by atoms with Gasteiger partial charge in [-0.05, 0) is 19.8 Å². The molecule has 1 N–H and O–H groups in total. The first-order chi connectivity index (χ1) is 7.79. The summed E-state index contributed by atoms with van der Waals surface area (Å²) in [5.41, 5.74) is 0. The number of ketones is 1. The van der Waals surface area contributed by atoms with Crippen molar-refractivity contribution in [2.75, 3.05) is 6.54 Å². The van der Waals surface area contributed by atoms with Crippen molar-refractivity contribution >= 4 is 5.78 Å². The minimum Gasteiger partial charge on any atom is -0.314 e. The zero-order valence-corrected chi connectivity index (χ0v) is 9.65. The van der Waals surface area contributed by atoms with Gasteiger partial charge in [-0.25, -0.2) is 9.67 Å². The average Bonchev–Trinajstić information content (AvgIpc) is 2.98. The fourth-order valence-corrected chi connectivity index (χ4v) is 1.66. The maximum atomic E-state index is 11.7. The number of carbonyl (C=O) groups excluding carboxylic acids is 1. The van der Waals surface area contributed by atoms with Crippen LogP contribution in [0.5, 0.6) is 0 Å². The lowest BCUT2D eigenvalue weighted by molar-refractivity contribution is -0.118.